The first-order valence-corrected chi connectivity index (χ1v) is 8.56. The minimum Gasteiger partial charge on any atom is -0.314 e. The number of benzene rings is 1. The minimum atomic E-state index is -3.72. The van der Waals surface area contributed by atoms with Gasteiger partial charge in [0.1, 0.15) is 5.82 Å². The highest BCUT2D eigenvalue weighted by Crippen LogP contribution is 2.19. The molecule has 1 aliphatic carbocycles. The summed E-state index contributed by atoms with van der Waals surface area (Å²) in [5.74, 6) is -0.567. The van der Waals surface area contributed by atoms with Crippen LogP contribution >= 0.6 is 0 Å². The quantitative estimate of drug-likeness (QED) is 0.720. The van der Waals surface area contributed by atoms with Crippen LogP contribution in [-0.4, -0.2) is 38.9 Å². The van der Waals surface area contributed by atoms with Gasteiger partial charge in [-0.1, -0.05) is 6.07 Å². The SMILES string of the molecule is Cc1ccc(NS(=O)(=O)N(C)CCCNC2CC2)c(F)c1. The smallest absolute Gasteiger partial charge is 0.301 e. The van der Waals surface area contributed by atoms with E-state index in [1.807, 2.05) is 0 Å². The average molecular weight is 315 g/mol. The van der Waals surface area contributed by atoms with Crippen molar-refractivity contribution in [3.63, 3.8) is 0 Å². The highest BCUT2D eigenvalue weighted by Gasteiger charge is 2.21. The molecule has 0 radical (unpaired) electrons. The van der Waals surface area contributed by atoms with Crippen molar-refractivity contribution in [1.82, 2.24) is 9.62 Å². The van der Waals surface area contributed by atoms with Gasteiger partial charge in [-0.3, -0.25) is 4.72 Å². The van der Waals surface area contributed by atoms with E-state index >= 15 is 0 Å². The molecule has 5 nitrogen and oxygen atoms in total. The normalized spacial score (nSPS) is 15.4. The second kappa shape index (κ2) is 6.72. The molecule has 1 aromatic rings. The summed E-state index contributed by atoms with van der Waals surface area (Å²) in [6.45, 7) is 2.94. The molecule has 2 rings (SSSR count). The number of hydrogen-bond acceptors (Lipinski definition) is 3. The van der Waals surface area contributed by atoms with Crippen molar-refractivity contribution in [2.24, 2.45) is 0 Å². The van der Waals surface area contributed by atoms with Crippen LogP contribution in [0, 0.1) is 12.7 Å². The van der Waals surface area contributed by atoms with E-state index in [9.17, 15) is 12.8 Å². The van der Waals surface area contributed by atoms with Crippen LogP contribution in [0.2, 0.25) is 0 Å². The van der Waals surface area contributed by atoms with E-state index in [-0.39, 0.29) is 5.69 Å². The summed E-state index contributed by atoms with van der Waals surface area (Å²) >= 11 is 0. The molecule has 1 saturated carbocycles. The molecule has 0 unspecified atom stereocenters. The van der Waals surface area contributed by atoms with Gasteiger partial charge in [0.2, 0.25) is 0 Å². The van der Waals surface area contributed by atoms with Crippen LogP contribution < -0.4 is 10.0 Å². The van der Waals surface area contributed by atoms with Crippen LogP contribution in [0.4, 0.5) is 10.1 Å². The van der Waals surface area contributed by atoms with Crippen LogP contribution in [0.25, 0.3) is 0 Å². The molecule has 1 fully saturated rings. The van der Waals surface area contributed by atoms with Crippen LogP contribution in [0.3, 0.4) is 0 Å². The third-order valence-corrected chi connectivity index (χ3v) is 4.92. The first-order chi connectivity index (χ1) is 9.88. The predicted octanol–water partition coefficient (Wildman–Crippen LogP) is 1.86. The zero-order valence-corrected chi connectivity index (χ0v) is 13.2. The van der Waals surface area contributed by atoms with Gasteiger partial charge in [0.05, 0.1) is 5.69 Å². The molecule has 0 bridgehead atoms. The Morgan fingerprint density at radius 2 is 2.10 bits per heavy atom. The van der Waals surface area contributed by atoms with Gasteiger partial charge in [0.15, 0.2) is 0 Å². The summed E-state index contributed by atoms with van der Waals surface area (Å²) in [7, 11) is -2.23. The van der Waals surface area contributed by atoms with Crippen molar-refractivity contribution < 1.29 is 12.8 Å². The summed E-state index contributed by atoms with van der Waals surface area (Å²) in [4.78, 5) is 0. The van der Waals surface area contributed by atoms with Crippen molar-refractivity contribution in [3.05, 3.63) is 29.6 Å². The second-order valence-electron chi connectivity index (χ2n) is 5.49. The summed E-state index contributed by atoms with van der Waals surface area (Å²) in [5, 5.41) is 3.33. The third kappa shape index (κ3) is 4.94. The maximum absolute atomic E-state index is 13.7. The summed E-state index contributed by atoms with van der Waals surface area (Å²) < 4.78 is 41.4. The molecule has 118 valence electrons. The minimum absolute atomic E-state index is 0.0245. The van der Waals surface area contributed by atoms with E-state index in [4.69, 9.17) is 0 Å². The maximum atomic E-state index is 13.7. The molecule has 21 heavy (non-hydrogen) atoms. The Morgan fingerprint density at radius 3 is 2.71 bits per heavy atom. The lowest BCUT2D eigenvalue weighted by Crippen LogP contribution is -2.35. The molecular formula is C14H22FN3O2S. The third-order valence-electron chi connectivity index (χ3n) is 3.43. The van der Waals surface area contributed by atoms with Gasteiger partial charge in [-0.15, -0.1) is 0 Å². The largest absolute Gasteiger partial charge is 0.314 e. The molecule has 0 spiro atoms. The van der Waals surface area contributed by atoms with Gasteiger partial charge >= 0.3 is 10.2 Å². The van der Waals surface area contributed by atoms with Crippen molar-refractivity contribution in [2.75, 3.05) is 24.9 Å². The number of aryl methyl sites for hydroxylation is 1. The Balaban J connectivity index is 1.86. The average Bonchev–Trinajstić information content (AvgIpc) is 3.22. The lowest BCUT2D eigenvalue weighted by atomic mass is 10.2. The molecule has 1 aliphatic rings. The molecule has 7 heteroatoms. The van der Waals surface area contributed by atoms with Gasteiger partial charge in [0, 0.05) is 19.6 Å². The summed E-state index contributed by atoms with van der Waals surface area (Å²) in [6.07, 6.45) is 3.15. The molecule has 0 atom stereocenters. The first-order valence-electron chi connectivity index (χ1n) is 7.12. The van der Waals surface area contributed by atoms with Gasteiger partial charge in [-0.25, -0.2) is 4.39 Å². The van der Waals surface area contributed by atoms with E-state index in [1.165, 1.54) is 36.3 Å². The Kier molecular flexibility index (Phi) is 5.18. The highest BCUT2D eigenvalue weighted by molar-refractivity contribution is 7.90. The number of rotatable bonds is 8. The van der Waals surface area contributed by atoms with E-state index in [0.29, 0.717) is 12.6 Å². The number of hydrogen-bond donors (Lipinski definition) is 2. The van der Waals surface area contributed by atoms with Crippen LogP contribution in [-0.2, 0) is 10.2 Å². The molecule has 2 N–H and O–H groups in total. The topological polar surface area (TPSA) is 61.4 Å². The van der Waals surface area contributed by atoms with Crippen LogP contribution in [0.15, 0.2) is 18.2 Å². The van der Waals surface area contributed by atoms with E-state index in [1.54, 1.807) is 13.0 Å². The molecule has 0 aliphatic heterocycles. The zero-order valence-electron chi connectivity index (χ0n) is 12.4. The van der Waals surface area contributed by atoms with Gasteiger partial charge in [0.25, 0.3) is 0 Å². The summed E-state index contributed by atoms with van der Waals surface area (Å²) in [6, 6.07) is 5.02. The van der Waals surface area contributed by atoms with Gasteiger partial charge in [-0.05, 0) is 50.4 Å². The molecule has 0 heterocycles. The number of halogens is 1. The van der Waals surface area contributed by atoms with E-state index in [0.717, 1.165) is 18.5 Å². The molecule has 0 aromatic heterocycles. The maximum Gasteiger partial charge on any atom is 0.301 e. The van der Waals surface area contributed by atoms with Crippen molar-refractivity contribution in [2.45, 2.75) is 32.2 Å². The molecule has 1 aromatic carbocycles. The number of nitrogens with zero attached hydrogens (tertiary/aromatic N) is 1. The fourth-order valence-corrected chi connectivity index (χ4v) is 2.90. The predicted molar refractivity (Wildman–Crippen MR) is 82.0 cm³/mol. The molecular weight excluding hydrogens is 293 g/mol. The van der Waals surface area contributed by atoms with Crippen LogP contribution in [0.5, 0.6) is 0 Å². The lowest BCUT2D eigenvalue weighted by molar-refractivity contribution is 0.457. The molecule has 0 amide bonds. The van der Waals surface area contributed by atoms with E-state index in [2.05, 4.69) is 10.0 Å². The number of nitrogens with one attached hydrogen (secondary N) is 2. The fourth-order valence-electron chi connectivity index (χ4n) is 1.94. The monoisotopic (exact) mass is 315 g/mol. The van der Waals surface area contributed by atoms with Crippen molar-refractivity contribution in [1.29, 1.82) is 0 Å². The van der Waals surface area contributed by atoms with Gasteiger partial charge < -0.3 is 5.32 Å². The first kappa shape index (κ1) is 16.2. The molecule has 0 saturated heterocycles. The van der Waals surface area contributed by atoms with E-state index < -0.39 is 16.0 Å². The Bertz CT molecular complexity index is 588. The van der Waals surface area contributed by atoms with Crippen molar-refractivity contribution in [3.8, 4) is 0 Å². The lowest BCUT2D eigenvalue weighted by Gasteiger charge is -2.18. The summed E-state index contributed by atoms with van der Waals surface area (Å²) in [5.41, 5.74) is 0.721. The Labute approximate surface area is 125 Å². The Morgan fingerprint density at radius 1 is 1.38 bits per heavy atom. The van der Waals surface area contributed by atoms with Crippen LogP contribution in [0.1, 0.15) is 24.8 Å². The standard InChI is InChI=1S/C14H22FN3O2S/c1-11-4-7-14(13(15)10-11)17-21(19,20)18(2)9-3-8-16-12-5-6-12/h4,7,10,12,16-17H,3,5-6,8-9H2,1-2H3. The number of anilines is 1. The van der Waals surface area contributed by atoms with Crippen molar-refractivity contribution >= 4 is 15.9 Å². The van der Waals surface area contributed by atoms with Gasteiger partial charge in [-0.2, -0.15) is 12.7 Å². The second-order valence-corrected chi connectivity index (χ2v) is 7.27. The Hall–Kier alpha value is -1.18. The zero-order chi connectivity index (χ0) is 15.5. The fraction of sp³-hybridized carbons (Fsp3) is 0.571. The highest BCUT2D eigenvalue weighted by atomic mass is 32.2.